The van der Waals surface area contributed by atoms with Crippen LogP contribution in [-0.4, -0.2) is 59.0 Å². The van der Waals surface area contributed by atoms with Gasteiger partial charge in [-0.2, -0.15) is 4.31 Å². The maximum Gasteiger partial charge on any atom is 0.340 e. The van der Waals surface area contributed by atoms with Crippen LogP contribution in [0, 0.1) is 6.92 Å². The molecular weight excluding hydrogens is 448 g/mol. The Kier molecular flexibility index (Phi) is 7.60. The lowest BCUT2D eigenvalue weighted by Gasteiger charge is -2.26. The molecule has 0 bridgehead atoms. The quantitative estimate of drug-likeness (QED) is 0.611. The SMILES string of the molecule is COC(=O)c1cc(OC)c(OC)cc1NC(=O)c1cc(S(=O)(=O)N2CCCCC2)ccc1C. The molecule has 9 nitrogen and oxygen atoms in total. The molecule has 0 aliphatic carbocycles. The number of rotatable bonds is 7. The fraction of sp³-hybridized carbons (Fsp3) is 0.391. The maximum atomic E-state index is 13.2. The number of esters is 1. The van der Waals surface area contributed by atoms with E-state index in [4.69, 9.17) is 14.2 Å². The van der Waals surface area contributed by atoms with Gasteiger partial charge in [0.15, 0.2) is 11.5 Å². The van der Waals surface area contributed by atoms with Gasteiger partial charge in [0.2, 0.25) is 10.0 Å². The van der Waals surface area contributed by atoms with Gasteiger partial charge >= 0.3 is 5.97 Å². The molecule has 1 fully saturated rings. The minimum Gasteiger partial charge on any atom is -0.493 e. The average molecular weight is 477 g/mol. The molecule has 1 aliphatic heterocycles. The molecule has 2 aromatic rings. The number of piperidine rings is 1. The van der Waals surface area contributed by atoms with Crippen LogP contribution in [0.3, 0.4) is 0 Å². The van der Waals surface area contributed by atoms with Crippen molar-refractivity contribution in [3.05, 3.63) is 47.0 Å². The van der Waals surface area contributed by atoms with Gasteiger partial charge in [-0.3, -0.25) is 4.79 Å². The summed E-state index contributed by atoms with van der Waals surface area (Å²) in [6.07, 6.45) is 2.63. The van der Waals surface area contributed by atoms with Crippen molar-refractivity contribution in [1.29, 1.82) is 0 Å². The van der Waals surface area contributed by atoms with Crippen molar-refractivity contribution in [3.8, 4) is 11.5 Å². The van der Waals surface area contributed by atoms with Crippen molar-refractivity contribution < 1.29 is 32.2 Å². The van der Waals surface area contributed by atoms with E-state index in [0.717, 1.165) is 19.3 Å². The van der Waals surface area contributed by atoms with Gasteiger partial charge in [-0.1, -0.05) is 12.5 Å². The fourth-order valence-corrected chi connectivity index (χ4v) is 5.26. The van der Waals surface area contributed by atoms with Gasteiger partial charge in [0.1, 0.15) is 0 Å². The van der Waals surface area contributed by atoms with Gasteiger partial charge in [-0.25, -0.2) is 13.2 Å². The lowest BCUT2D eigenvalue weighted by molar-refractivity contribution is 0.0601. The van der Waals surface area contributed by atoms with Crippen LogP contribution in [0.1, 0.15) is 45.5 Å². The molecule has 1 aliphatic rings. The second-order valence-electron chi connectivity index (χ2n) is 7.64. The number of nitrogens with one attached hydrogen (secondary N) is 1. The Balaban J connectivity index is 1.98. The van der Waals surface area contributed by atoms with Gasteiger partial charge in [-0.15, -0.1) is 0 Å². The Morgan fingerprint density at radius 1 is 0.909 bits per heavy atom. The summed E-state index contributed by atoms with van der Waals surface area (Å²) in [6, 6.07) is 7.33. The van der Waals surface area contributed by atoms with Crippen molar-refractivity contribution in [1.82, 2.24) is 4.31 Å². The van der Waals surface area contributed by atoms with Crippen molar-refractivity contribution in [2.24, 2.45) is 0 Å². The third-order valence-corrected chi connectivity index (χ3v) is 7.48. The van der Waals surface area contributed by atoms with E-state index in [2.05, 4.69) is 5.32 Å². The van der Waals surface area contributed by atoms with Crippen LogP contribution >= 0.6 is 0 Å². The molecule has 3 rings (SSSR count). The Morgan fingerprint density at radius 2 is 1.55 bits per heavy atom. The first-order valence-corrected chi connectivity index (χ1v) is 11.9. The molecule has 0 aromatic heterocycles. The number of amides is 1. The lowest BCUT2D eigenvalue weighted by Crippen LogP contribution is -2.35. The summed E-state index contributed by atoms with van der Waals surface area (Å²) in [7, 11) is 0.372. The van der Waals surface area contributed by atoms with Crippen molar-refractivity contribution >= 4 is 27.6 Å². The molecule has 0 unspecified atom stereocenters. The zero-order valence-corrected chi connectivity index (χ0v) is 20.0. The molecule has 0 saturated carbocycles. The number of carbonyl (C=O) groups excluding carboxylic acids is 2. The summed E-state index contributed by atoms with van der Waals surface area (Å²) >= 11 is 0. The van der Waals surface area contributed by atoms with E-state index in [-0.39, 0.29) is 21.7 Å². The fourth-order valence-electron chi connectivity index (χ4n) is 3.71. The van der Waals surface area contributed by atoms with Crippen molar-refractivity contribution in [2.45, 2.75) is 31.1 Å². The summed E-state index contributed by atoms with van der Waals surface area (Å²) < 4.78 is 42.9. The standard InChI is InChI=1S/C23H28N2O7S/c1-15-8-9-16(33(28,29)25-10-6-5-7-11-25)12-17(15)22(26)24-19-14-21(31-3)20(30-2)13-18(19)23(27)32-4/h8-9,12-14H,5-7,10-11H2,1-4H3,(H,24,26). The second kappa shape index (κ2) is 10.2. The third-order valence-electron chi connectivity index (χ3n) is 5.58. The Labute approximate surface area is 193 Å². The summed E-state index contributed by atoms with van der Waals surface area (Å²) in [4.78, 5) is 25.5. The summed E-state index contributed by atoms with van der Waals surface area (Å²) in [5.74, 6) is -0.648. The number of sulfonamides is 1. The molecule has 1 saturated heterocycles. The molecule has 0 atom stereocenters. The smallest absolute Gasteiger partial charge is 0.340 e. The van der Waals surface area contributed by atoms with Crippen molar-refractivity contribution in [2.75, 3.05) is 39.7 Å². The molecule has 2 aromatic carbocycles. The lowest BCUT2D eigenvalue weighted by atomic mass is 10.1. The van der Waals surface area contributed by atoms with Crippen LogP contribution in [0.2, 0.25) is 0 Å². The van der Waals surface area contributed by atoms with Crippen molar-refractivity contribution in [3.63, 3.8) is 0 Å². The number of anilines is 1. The molecule has 0 radical (unpaired) electrons. The summed E-state index contributed by atoms with van der Waals surface area (Å²) in [6.45, 7) is 2.64. The van der Waals surface area contributed by atoms with E-state index >= 15 is 0 Å². The first-order chi connectivity index (χ1) is 15.7. The number of ether oxygens (including phenoxy) is 3. The van der Waals surface area contributed by atoms with E-state index in [0.29, 0.717) is 30.2 Å². The summed E-state index contributed by atoms with van der Waals surface area (Å²) in [5.41, 5.74) is 0.982. The number of nitrogens with zero attached hydrogens (tertiary/aromatic N) is 1. The number of benzene rings is 2. The number of methoxy groups -OCH3 is 3. The predicted molar refractivity (Wildman–Crippen MR) is 123 cm³/mol. The first-order valence-electron chi connectivity index (χ1n) is 10.5. The Bertz CT molecular complexity index is 1160. The number of carbonyl (C=O) groups is 2. The van der Waals surface area contributed by atoms with Gasteiger partial charge in [-0.05, 0) is 37.5 Å². The molecule has 1 heterocycles. The van der Waals surface area contributed by atoms with E-state index in [9.17, 15) is 18.0 Å². The average Bonchev–Trinajstić information content (AvgIpc) is 2.83. The van der Waals surface area contributed by atoms with Crippen LogP contribution in [0.25, 0.3) is 0 Å². The summed E-state index contributed by atoms with van der Waals surface area (Å²) in [5, 5.41) is 2.68. The minimum atomic E-state index is -3.71. The highest BCUT2D eigenvalue weighted by molar-refractivity contribution is 7.89. The highest BCUT2D eigenvalue weighted by Crippen LogP contribution is 2.34. The van der Waals surface area contributed by atoms with Crippen LogP contribution in [-0.2, 0) is 14.8 Å². The molecule has 10 heteroatoms. The number of hydrogen-bond acceptors (Lipinski definition) is 7. The minimum absolute atomic E-state index is 0.0562. The number of aryl methyl sites for hydroxylation is 1. The zero-order valence-electron chi connectivity index (χ0n) is 19.1. The molecule has 178 valence electrons. The topological polar surface area (TPSA) is 111 Å². The van der Waals surface area contributed by atoms with E-state index in [1.807, 2.05) is 0 Å². The highest BCUT2D eigenvalue weighted by Gasteiger charge is 2.27. The second-order valence-corrected chi connectivity index (χ2v) is 9.58. The predicted octanol–water partition coefficient (Wildman–Crippen LogP) is 3.23. The molecule has 33 heavy (non-hydrogen) atoms. The highest BCUT2D eigenvalue weighted by atomic mass is 32.2. The van der Waals surface area contributed by atoms with Gasteiger partial charge < -0.3 is 19.5 Å². The molecule has 0 spiro atoms. The van der Waals surface area contributed by atoms with Crippen LogP contribution in [0.4, 0.5) is 5.69 Å². The van der Waals surface area contributed by atoms with E-state index < -0.39 is 21.9 Å². The van der Waals surface area contributed by atoms with Crippen LogP contribution in [0.5, 0.6) is 11.5 Å². The van der Waals surface area contributed by atoms with Gasteiger partial charge in [0.25, 0.3) is 5.91 Å². The third kappa shape index (κ3) is 5.12. The van der Waals surface area contributed by atoms with Gasteiger partial charge in [0.05, 0.1) is 37.5 Å². The Morgan fingerprint density at radius 3 is 2.15 bits per heavy atom. The van der Waals surface area contributed by atoms with E-state index in [1.54, 1.807) is 13.0 Å². The normalized spacial score (nSPS) is 14.4. The van der Waals surface area contributed by atoms with E-state index in [1.165, 1.54) is 49.9 Å². The first kappa shape index (κ1) is 24.5. The molecular formula is C23H28N2O7S. The van der Waals surface area contributed by atoms with Crippen LogP contribution < -0.4 is 14.8 Å². The largest absolute Gasteiger partial charge is 0.493 e. The monoisotopic (exact) mass is 476 g/mol. The Hall–Kier alpha value is -3.11. The molecule has 1 amide bonds. The van der Waals surface area contributed by atoms with Crippen LogP contribution in [0.15, 0.2) is 35.2 Å². The van der Waals surface area contributed by atoms with Gasteiger partial charge in [0, 0.05) is 30.8 Å². The number of hydrogen-bond donors (Lipinski definition) is 1. The molecule has 1 N–H and O–H groups in total. The maximum absolute atomic E-state index is 13.2. The zero-order chi connectivity index (χ0) is 24.2.